The zero-order valence-corrected chi connectivity index (χ0v) is 17.9. The van der Waals surface area contributed by atoms with Gasteiger partial charge < -0.3 is 15.5 Å². The summed E-state index contributed by atoms with van der Waals surface area (Å²) in [4.78, 5) is 27.9. The van der Waals surface area contributed by atoms with Crippen LogP contribution in [0.2, 0.25) is 0 Å². The molecule has 34 heavy (non-hydrogen) atoms. The Balaban J connectivity index is 1.82. The van der Waals surface area contributed by atoms with Crippen LogP contribution in [0.4, 0.5) is 27.6 Å². The highest BCUT2D eigenvalue weighted by Gasteiger charge is 2.35. The molecule has 0 atom stereocenters. The van der Waals surface area contributed by atoms with E-state index in [0.717, 1.165) is 16.8 Å². The minimum absolute atomic E-state index is 0.0144. The van der Waals surface area contributed by atoms with Gasteiger partial charge in [-0.3, -0.25) is 14.3 Å². The van der Waals surface area contributed by atoms with Crippen LogP contribution < -0.4 is 11.1 Å². The van der Waals surface area contributed by atoms with Crippen molar-refractivity contribution in [1.29, 1.82) is 0 Å². The van der Waals surface area contributed by atoms with Gasteiger partial charge in [-0.2, -0.15) is 18.3 Å². The second-order valence-corrected chi connectivity index (χ2v) is 8.10. The number of halogens is 5. The van der Waals surface area contributed by atoms with Gasteiger partial charge >= 0.3 is 6.18 Å². The van der Waals surface area contributed by atoms with Crippen molar-refractivity contribution in [2.24, 2.45) is 5.73 Å². The van der Waals surface area contributed by atoms with Crippen LogP contribution in [-0.2, 0) is 17.5 Å². The number of rotatable bonds is 6. The molecule has 0 saturated carbocycles. The number of fused-ring (bicyclic) bond motifs is 1. The minimum Gasteiger partial charge on any atom is -0.464 e. The molecule has 0 fully saturated rings. The maximum Gasteiger partial charge on any atom is 0.433 e. The van der Waals surface area contributed by atoms with E-state index in [9.17, 15) is 31.5 Å². The Morgan fingerprint density at radius 2 is 2.03 bits per heavy atom. The zero-order chi connectivity index (χ0) is 24.8. The summed E-state index contributed by atoms with van der Waals surface area (Å²) >= 11 is 0.570. The Kier molecular flexibility index (Phi) is 5.85. The predicted octanol–water partition coefficient (Wildman–Crippen LogP) is 4.76. The normalized spacial score (nSPS) is 12.0. The number of primary amides is 1. The summed E-state index contributed by atoms with van der Waals surface area (Å²) in [5, 5.41) is 6.12. The Labute approximate surface area is 191 Å². The topological polar surface area (TPSA) is 116 Å². The molecule has 14 heteroatoms. The molecule has 4 aromatic rings. The maximum atomic E-state index is 13.4. The number of alkyl halides is 5. The lowest BCUT2D eigenvalue weighted by Crippen LogP contribution is -2.22. The van der Waals surface area contributed by atoms with Gasteiger partial charge in [0.25, 0.3) is 12.3 Å². The third-order valence-electron chi connectivity index (χ3n) is 4.74. The molecule has 4 heterocycles. The number of nitrogens with zero attached hydrogens (tertiary/aromatic N) is 3. The number of nitrogens with two attached hydrogens (primary N) is 1. The Bertz CT molecular complexity index is 1390. The summed E-state index contributed by atoms with van der Waals surface area (Å²) in [6, 6.07) is 4.71. The lowest BCUT2D eigenvalue weighted by Gasteiger charge is -2.11. The molecule has 0 aliphatic heterocycles. The number of aromatic nitrogens is 3. The number of carbonyl (C=O) groups is 2. The van der Waals surface area contributed by atoms with Crippen LogP contribution >= 0.6 is 11.3 Å². The number of hydrogen-bond acceptors (Lipinski definition) is 6. The first-order valence-electron chi connectivity index (χ1n) is 9.46. The monoisotopic (exact) mass is 499 g/mol. The largest absolute Gasteiger partial charge is 0.464 e. The number of hydrogen-bond donors (Lipinski definition) is 2. The van der Waals surface area contributed by atoms with E-state index in [1.165, 1.54) is 25.3 Å². The highest BCUT2D eigenvalue weighted by atomic mass is 32.1. The molecule has 0 bridgehead atoms. The minimum atomic E-state index is -4.80. The van der Waals surface area contributed by atoms with Crippen LogP contribution in [0.25, 0.3) is 21.5 Å². The van der Waals surface area contributed by atoms with E-state index < -0.39 is 42.3 Å². The summed E-state index contributed by atoms with van der Waals surface area (Å²) in [5.74, 6) is -1.75. The summed E-state index contributed by atoms with van der Waals surface area (Å²) in [5.41, 5.74) is 3.70. The van der Waals surface area contributed by atoms with E-state index in [-0.39, 0.29) is 37.8 Å². The first kappa shape index (κ1) is 23.4. The fourth-order valence-electron chi connectivity index (χ4n) is 3.28. The van der Waals surface area contributed by atoms with E-state index in [4.69, 9.17) is 10.2 Å². The molecule has 0 aliphatic carbocycles. The van der Waals surface area contributed by atoms with Gasteiger partial charge in [0, 0.05) is 16.6 Å². The van der Waals surface area contributed by atoms with Crippen LogP contribution in [0, 0.1) is 6.92 Å². The van der Waals surface area contributed by atoms with Crippen molar-refractivity contribution >= 4 is 39.1 Å². The van der Waals surface area contributed by atoms with Crippen LogP contribution in [-0.4, -0.2) is 26.6 Å². The SMILES string of the molecule is Cc1cc(C(F)F)nn1CC(=O)Nc1c(C(N)=O)sc2nc(C(F)(F)F)cc(-c3ccco3)c12. The molecule has 178 valence electrons. The van der Waals surface area contributed by atoms with E-state index in [1.54, 1.807) is 0 Å². The number of carbonyl (C=O) groups excluding carboxylic acids is 2. The summed E-state index contributed by atoms with van der Waals surface area (Å²) in [7, 11) is 0. The molecular formula is C20H14F5N5O3S. The van der Waals surface area contributed by atoms with Gasteiger partial charge in [0.2, 0.25) is 5.91 Å². The molecule has 0 spiro atoms. The Hall–Kier alpha value is -3.81. The van der Waals surface area contributed by atoms with Crippen molar-refractivity contribution in [1.82, 2.24) is 14.8 Å². The molecule has 0 aliphatic rings. The second-order valence-electron chi connectivity index (χ2n) is 7.10. The summed E-state index contributed by atoms with van der Waals surface area (Å²) < 4.78 is 72.4. The highest BCUT2D eigenvalue weighted by molar-refractivity contribution is 7.21. The van der Waals surface area contributed by atoms with Gasteiger partial charge in [0.15, 0.2) is 0 Å². The maximum absolute atomic E-state index is 13.4. The molecular weight excluding hydrogens is 485 g/mol. The Morgan fingerprint density at radius 3 is 2.59 bits per heavy atom. The number of pyridine rings is 1. The number of thiophene rings is 1. The summed E-state index contributed by atoms with van der Waals surface area (Å²) in [6.07, 6.45) is -6.39. The molecule has 2 amide bonds. The van der Waals surface area contributed by atoms with Crippen LogP contribution in [0.3, 0.4) is 0 Å². The van der Waals surface area contributed by atoms with E-state index in [2.05, 4.69) is 15.4 Å². The van der Waals surface area contributed by atoms with Gasteiger partial charge in [-0.25, -0.2) is 13.8 Å². The van der Waals surface area contributed by atoms with Crippen LogP contribution in [0.5, 0.6) is 0 Å². The van der Waals surface area contributed by atoms with Crippen LogP contribution in [0.1, 0.15) is 33.2 Å². The fourth-order valence-corrected chi connectivity index (χ4v) is 4.29. The third-order valence-corrected chi connectivity index (χ3v) is 5.84. The van der Waals surface area contributed by atoms with E-state index >= 15 is 0 Å². The second kappa shape index (κ2) is 8.52. The molecule has 0 radical (unpaired) electrons. The third kappa shape index (κ3) is 4.35. The number of nitrogens with one attached hydrogen (secondary N) is 1. The van der Waals surface area contributed by atoms with Gasteiger partial charge in [-0.05, 0) is 31.2 Å². The van der Waals surface area contributed by atoms with Crippen molar-refractivity contribution in [3.8, 4) is 11.3 Å². The average molecular weight is 499 g/mol. The quantitative estimate of drug-likeness (QED) is 0.371. The number of aryl methyl sites for hydroxylation is 1. The van der Waals surface area contributed by atoms with E-state index in [0.29, 0.717) is 11.3 Å². The molecule has 8 nitrogen and oxygen atoms in total. The van der Waals surface area contributed by atoms with Gasteiger partial charge in [0.1, 0.15) is 33.4 Å². The van der Waals surface area contributed by atoms with Gasteiger partial charge in [0.05, 0.1) is 12.0 Å². The van der Waals surface area contributed by atoms with Gasteiger partial charge in [-0.1, -0.05) is 0 Å². The molecule has 0 aromatic carbocycles. The fraction of sp³-hybridized carbons (Fsp3) is 0.200. The Morgan fingerprint density at radius 1 is 1.29 bits per heavy atom. The lowest BCUT2D eigenvalue weighted by atomic mass is 10.1. The predicted molar refractivity (Wildman–Crippen MR) is 111 cm³/mol. The lowest BCUT2D eigenvalue weighted by molar-refractivity contribution is -0.140. The van der Waals surface area contributed by atoms with Crippen molar-refractivity contribution < 1.29 is 36.0 Å². The number of anilines is 1. The average Bonchev–Trinajstić information content (AvgIpc) is 3.47. The number of furan rings is 1. The molecule has 4 rings (SSSR count). The zero-order valence-electron chi connectivity index (χ0n) is 17.1. The van der Waals surface area contributed by atoms with E-state index in [1.807, 2.05) is 0 Å². The molecule has 4 aromatic heterocycles. The molecule has 3 N–H and O–H groups in total. The molecule has 0 saturated heterocycles. The molecule has 0 unspecified atom stereocenters. The first-order chi connectivity index (χ1) is 16.0. The standard InChI is InChI=1S/C20H14F5N5O3S/c1-8-5-10(17(21)22)29-30(8)7-13(31)28-15-14-9(11-3-2-4-33-11)6-12(20(23,24)25)27-19(14)34-16(15)18(26)32/h2-6,17H,7H2,1H3,(H2,26,32)(H,28,31). The van der Waals surface area contributed by atoms with Crippen LogP contribution in [0.15, 0.2) is 34.9 Å². The van der Waals surface area contributed by atoms with Crippen molar-refractivity contribution in [2.75, 3.05) is 5.32 Å². The summed E-state index contributed by atoms with van der Waals surface area (Å²) in [6.45, 7) is 0.969. The first-order valence-corrected chi connectivity index (χ1v) is 10.3. The number of amides is 2. The van der Waals surface area contributed by atoms with Crippen molar-refractivity contribution in [2.45, 2.75) is 26.1 Å². The van der Waals surface area contributed by atoms with Crippen molar-refractivity contribution in [3.05, 3.63) is 52.5 Å². The smallest absolute Gasteiger partial charge is 0.433 e. The van der Waals surface area contributed by atoms with Crippen molar-refractivity contribution in [3.63, 3.8) is 0 Å². The highest BCUT2D eigenvalue weighted by Crippen LogP contribution is 2.43. The van der Waals surface area contributed by atoms with Gasteiger partial charge in [-0.15, -0.1) is 11.3 Å².